The van der Waals surface area contributed by atoms with Gasteiger partial charge in [0.05, 0.1) is 15.1 Å². The van der Waals surface area contributed by atoms with E-state index in [9.17, 15) is 0 Å². The number of hydrogen-bond donors (Lipinski definition) is 0. The van der Waals surface area contributed by atoms with Gasteiger partial charge in [-0.15, -0.1) is 0 Å². The molecule has 0 spiro atoms. The van der Waals surface area contributed by atoms with Crippen molar-refractivity contribution in [3.05, 3.63) is 32.8 Å². The third-order valence-corrected chi connectivity index (χ3v) is 4.07. The van der Waals surface area contributed by atoms with Crippen LogP contribution in [0.25, 0.3) is 0 Å². The summed E-state index contributed by atoms with van der Waals surface area (Å²) < 4.78 is 0. The predicted molar refractivity (Wildman–Crippen MR) is 73.9 cm³/mol. The van der Waals surface area contributed by atoms with Gasteiger partial charge in [-0.3, -0.25) is 0 Å². The van der Waals surface area contributed by atoms with Gasteiger partial charge in [-0.05, 0) is 24.0 Å². The molecule has 0 aliphatic heterocycles. The van der Waals surface area contributed by atoms with Crippen LogP contribution in [0.3, 0.4) is 0 Å². The summed E-state index contributed by atoms with van der Waals surface area (Å²) >= 11 is 18.1. The lowest BCUT2D eigenvalue weighted by Gasteiger charge is -2.13. The Hall–Kier alpha value is 0.0900. The Balaban J connectivity index is 2.70. The van der Waals surface area contributed by atoms with E-state index in [0.29, 0.717) is 21.0 Å². The predicted octanol–water partition coefficient (Wildman–Crippen LogP) is 6.02. The quantitative estimate of drug-likeness (QED) is 0.579. The first-order chi connectivity index (χ1) is 7.56. The minimum absolute atomic E-state index is 0.475. The molecule has 0 N–H and O–H groups in total. The van der Waals surface area contributed by atoms with Crippen molar-refractivity contribution in [2.75, 3.05) is 0 Å². The van der Waals surface area contributed by atoms with Crippen molar-refractivity contribution in [1.82, 2.24) is 0 Å². The van der Waals surface area contributed by atoms with E-state index < -0.39 is 0 Å². The van der Waals surface area contributed by atoms with Crippen molar-refractivity contribution in [3.63, 3.8) is 0 Å². The zero-order valence-electron chi connectivity index (χ0n) is 9.69. The molecular formula is C13H17Cl3. The van der Waals surface area contributed by atoms with E-state index in [1.54, 1.807) is 0 Å². The average Bonchev–Trinajstić information content (AvgIpc) is 2.27. The zero-order chi connectivity index (χ0) is 12.1. The Morgan fingerprint density at radius 3 is 2.44 bits per heavy atom. The highest BCUT2D eigenvalue weighted by Gasteiger charge is 2.11. The SMILES string of the molecule is CCCCC(C)Cc1ccc(Cl)c(Cl)c1Cl. The molecule has 0 radical (unpaired) electrons. The summed E-state index contributed by atoms with van der Waals surface area (Å²) in [5, 5.41) is 1.61. The van der Waals surface area contributed by atoms with E-state index in [1.165, 1.54) is 19.3 Å². The Morgan fingerprint density at radius 1 is 1.12 bits per heavy atom. The number of halogens is 3. The largest absolute Gasteiger partial charge is 0.0827 e. The fourth-order valence-corrected chi connectivity index (χ4v) is 2.39. The summed E-state index contributed by atoms with van der Waals surface area (Å²) in [6.07, 6.45) is 4.70. The van der Waals surface area contributed by atoms with Crippen molar-refractivity contribution in [1.29, 1.82) is 0 Å². The second-order valence-corrected chi connectivity index (χ2v) is 5.45. The summed E-state index contributed by atoms with van der Waals surface area (Å²) in [4.78, 5) is 0. The van der Waals surface area contributed by atoms with Crippen LogP contribution in [0.1, 0.15) is 38.7 Å². The van der Waals surface area contributed by atoms with E-state index in [4.69, 9.17) is 34.8 Å². The maximum atomic E-state index is 6.16. The molecule has 0 heterocycles. The lowest BCUT2D eigenvalue weighted by Crippen LogP contribution is -2.00. The monoisotopic (exact) mass is 278 g/mol. The molecule has 0 aliphatic rings. The molecule has 1 unspecified atom stereocenters. The highest BCUT2D eigenvalue weighted by atomic mass is 35.5. The molecule has 3 heteroatoms. The van der Waals surface area contributed by atoms with Gasteiger partial charge in [0.2, 0.25) is 0 Å². The van der Waals surface area contributed by atoms with E-state index in [0.717, 1.165) is 12.0 Å². The van der Waals surface area contributed by atoms with Crippen molar-refractivity contribution >= 4 is 34.8 Å². The normalized spacial score (nSPS) is 12.8. The molecule has 0 saturated carbocycles. The van der Waals surface area contributed by atoms with E-state index in [1.807, 2.05) is 12.1 Å². The number of unbranched alkanes of at least 4 members (excludes halogenated alkanes) is 1. The van der Waals surface area contributed by atoms with Gasteiger partial charge in [0.25, 0.3) is 0 Å². The van der Waals surface area contributed by atoms with Crippen molar-refractivity contribution in [2.24, 2.45) is 5.92 Å². The summed E-state index contributed by atoms with van der Waals surface area (Å²) in [5.41, 5.74) is 1.10. The van der Waals surface area contributed by atoms with Gasteiger partial charge in [0.1, 0.15) is 0 Å². The smallest absolute Gasteiger partial charge is 0.0781 e. The molecule has 0 saturated heterocycles. The number of benzene rings is 1. The van der Waals surface area contributed by atoms with E-state index in [2.05, 4.69) is 13.8 Å². The Labute approximate surface area is 113 Å². The molecule has 16 heavy (non-hydrogen) atoms. The van der Waals surface area contributed by atoms with Crippen LogP contribution in [0.5, 0.6) is 0 Å². The van der Waals surface area contributed by atoms with Gasteiger partial charge in [0.15, 0.2) is 0 Å². The fourth-order valence-electron chi connectivity index (χ4n) is 1.75. The highest BCUT2D eigenvalue weighted by Crippen LogP contribution is 2.34. The fraction of sp³-hybridized carbons (Fsp3) is 0.538. The highest BCUT2D eigenvalue weighted by molar-refractivity contribution is 6.48. The van der Waals surface area contributed by atoms with Crippen molar-refractivity contribution < 1.29 is 0 Å². The Kier molecular flexibility index (Phi) is 5.96. The van der Waals surface area contributed by atoms with Crippen LogP contribution in [-0.2, 0) is 6.42 Å². The molecule has 0 nitrogen and oxygen atoms in total. The van der Waals surface area contributed by atoms with Gasteiger partial charge in [-0.1, -0.05) is 74.0 Å². The molecule has 0 fully saturated rings. The Morgan fingerprint density at radius 2 is 1.81 bits per heavy atom. The second-order valence-electron chi connectivity index (χ2n) is 4.29. The minimum atomic E-state index is 0.475. The maximum absolute atomic E-state index is 6.16. The Bertz CT molecular complexity index is 347. The molecule has 90 valence electrons. The first-order valence-electron chi connectivity index (χ1n) is 5.68. The molecular weight excluding hydrogens is 263 g/mol. The van der Waals surface area contributed by atoms with Crippen LogP contribution < -0.4 is 0 Å². The van der Waals surface area contributed by atoms with Crippen LogP contribution >= 0.6 is 34.8 Å². The maximum Gasteiger partial charge on any atom is 0.0781 e. The molecule has 1 rings (SSSR count). The number of hydrogen-bond acceptors (Lipinski definition) is 0. The molecule has 0 bridgehead atoms. The summed E-state index contributed by atoms with van der Waals surface area (Å²) in [7, 11) is 0. The molecule has 0 aliphatic carbocycles. The lowest BCUT2D eigenvalue weighted by molar-refractivity contribution is 0.504. The third-order valence-electron chi connectivity index (χ3n) is 2.73. The summed E-state index contributed by atoms with van der Waals surface area (Å²) in [6, 6.07) is 3.79. The topological polar surface area (TPSA) is 0 Å². The van der Waals surface area contributed by atoms with Gasteiger partial charge < -0.3 is 0 Å². The first-order valence-corrected chi connectivity index (χ1v) is 6.82. The first kappa shape index (κ1) is 14.2. The van der Waals surface area contributed by atoms with Gasteiger partial charge in [0, 0.05) is 0 Å². The molecule has 0 aromatic heterocycles. The molecule has 0 amide bonds. The van der Waals surface area contributed by atoms with Crippen LogP contribution in [0.4, 0.5) is 0 Å². The van der Waals surface area contributed by atoms with Gasteiger partial charge in [-0.25, -0.2) is 0 Å². The summed E-state index contributed by atoms with van der Waals surface area (Å²) in [6.45, 7) is 4.45. The second kappa shape index (κ2) is 6.74. The van der Waals surface area contributed by atoms with E-state index >= 15 is 0 Å². The van der Waals surface area contributed by atoms with Crippen LogP contribution in [-0.4, -0.2) is 0 Å². The lowest BCUT2D eigenvalue weighted by atomic mass is 9.96. The molecule has 1 aromatic rings. The molecule has 1 aromatic carbocycles. The average molecular weight is 280 g/mol. The third kappa shape index (κ3) is 3.84. The standard InChI is InChI=1S/C13H17Cl3/c1-3-4-5-9(2)8-10-6-7-11(14)13(16)12(10)15/h6-7,9H,3-5,8H2,1-2H3. The van der Waals surface area contributed by atoms with Crippen LogP contribution in [0.2, 0.25) is 15.1 Å². The summed E-state index contributed by atoms with van der Waals surface area (Å²) in [5.74, 6) is 0.634. The minimum Gasteiger partial charge on any atom is -0.0827 e. The number of rotatable bonds is 5. The molecule has 1 atom stereocenters. The van der Waals surface area contributed by atoms with E-state index in [-0.39, 0.29) is 0 Å². The zero-order valence-corrected chi connectivity index (χ0v) is 12.0. The van der Waals surface area contributed by atoms with Crippen LogP contribution in [0.15, 0.2) is 12.1 Å². The van der Waals surface area contributed by atoms with Gasteiger partial charge in [-0.2, -0.15) is 0 Å². The van der Waals surface area contributed by atoms with Crippen molar-refractivity contribution in [3.8, 4) is 0 Å². The van der Waals surface area contributed by atoms with Gasteiger partial charge >= 0.3 is 0 Å². The van der Waals surface area contributed by atoms with Crippen LogP contribution in [0, 0.1) is 5.92 Å². The van der Waals surface area contributed by atoms with Crippen molar-refractivity contribution in [2.45, 2.75) is 39.5 Å².